The van der Waals surface area contributed by atoms with Crippen molar-refractivity contribution in [2.75, 3.05) is 0 Å². The molecule has 4 heteroatoms. The SMILES string of the molecule is N#CSC=CC(=O)O. The molecule has 0 aliphatic heterocycles. The number of hydrogen-bond acceptors (Lipinski definition) is 3. The Hall–Kier alpha value is -0.950. The van der Waals surface area contributed by atoms with E-state index in [0.29, 0.717) is 0 Å². The molecule has 0 saturated carbocycles. The molecule has 0 rings (SSSR count). The predicted octanol–water partition coefficient (Wildman–Crippen LogP) is 0.799. The number of nitrogens with zero attached hydrogens (tertiary/aromatic N) is 1. The van der Waals surface area contributed by atoms with Crippen molar-refractivity contribution in [3.8, 4) is 5.40 Å². The minimum Gasteiger partial charge on any atom is -0.478 e. The lowest BCUT2D eigenvalue weighted by molar-refractivity contribution is -0.131. The van der Waals surface area contributed by atoms with Crippen molar-refractivity contribution in [1.82, 2.24) is 0 Å². The Labute approximate surface area is 50.6 Å². The number of carbonyl (C=O) groups is 1. The average molecular weight is 129 g/mol. The highest BCUT2D eigenvalue weighted by Gasteiger charge is 1.81. The Balaban J connectivity index is 3.38. The lowest BCUT2D eigenvalue weighted by atomic mass is 10.7. The molecule has 0 fully saturated rings. The molecule has 0 aliphatic carbocycles. The van der Waals surface area contributed by atoms with E-state index in [9.17, 15) is 4.79 Å². The first-order valence-corrected chi connectivity index (χ1v) is 2.59. The Morgan fingerprint density at radius 3 is 2.88 bits per heavy atom. The molecule has 0 aromatic rings. The topological polar surface area (TPSA) is 61.1 Å². The number of carboxylic acids is 1. The van der Waals surface area contributed by atoms with Gasteiger partial charge in [-0.2, -0.15) is 5.26 Å². The van der Waals surface area contributed by atoms with Crippen LogP contribution >= 0.6 is 11.8 Å². The van der Waals surface area contributed by atoms with Gasteiger partial charge in [-0.25, -0.2) is 4.79 Å². The minimum atomic E-state index is -1.03. The van der Waals surface area contributed by atoms with E-state index in [-0.39, 0.29) is 0 Å². The molecule has 0 amide bonds. The van der Waals surface area contributed by atoms with Crippen LogP contribution in [0.5, 0.6) is 0 Å². The molecule has 0 aromatic carbocycles. The molecule has 0 radical (unpaired) electrons. The highest BCUT2D eigenvalue weighted by atomic mass is 32.2. The maximum absolute atomic E-state index is 9.66. The van der Waals surface area contributed by atoms with Crippen LogP contribution in [0.1, 0.15) is 0 Å². The Morgan fingerprint density at radius 1 is 1.88 bits per heavy atom. The molecule has 0 saturated heterocycles. The van der Waals surface area contributed by atoms with E-state index >= 15 is 0 Å². The highest BCUT2D eigenvalue weighted by molar-refractivity contribution is 8.06. The van der Waals surface area contributed by atoms with Gasteiger partial charge < -0.3 is 5.11 Å². The third-order valence-corrected chi connectivity index (χ3v) is 0.709. The summed E-state index contributed by atoms with van der Waals surface area (Å²) in [6, 6.07) is 0. The molecular formula is C4H3NO2S. The average Bonchev–Trinajstić information content (AvgIpc) is 1.66. The molecule has 0 atom stereocenters. The van der Waals surface area contributed by atoms with Gasteiger partial charge in [0.15, 0.2) is 0 Å². The predicted molar refractivity (Wildman–Crippen MR) is 30.0 cm³/mol. The summed E-state index contributed by atoms with van der Waals surface area (Å²) >= 11 is 0.781. The summed E-state index contributed by atoms with van der Waals surface area (Å²) in [6.07, 6.45) is 0.911. The zero-order chi connectivity index (χ0) is 6.41. The van der Waals surface area contributed by atoms with Gasteiger partial charge in [0.05, 0.1) is 0 Å². The van der Waals surface area contributed by atoms with Crippen molar-refractivity contribution in [2.24, 2.45) is 0 Å². The Kier molecular flexibility index (Phi) is 3.71. The maximum atomic E-state index is 9.66. The third-order valence-electron chi connectivity index (χ3n) is 0.331. The van der Waals surface area contributed by atoms with E-state index in [1.807, 2.05) is 0 Å². The second kappa shape index (κ2) is 4.22. The van der Waals surface area contributed by atoms with Crippen LogP contribution in [-0.2, 0) is 4.79 Å². The number of rotatable bonds is 2. The number of thiocyanates is 1. The number of thioether (sulfide) groups is 1. The van der Waals surface area contributed by atoms with E-state index in [1.54, 1.807) is 5.40 Å². The lowest BCUT2D eigenvalue weighted by Crippen LogP contribution is -1.83. The van der Waals surface area contributed by atoms with Crippen LogP contribution < -0.4 is 0 Å². The zero-order valence-corrected chi connectivity index (χ0v) is 4.68. The van der Waals surface area contributed by atoms with Gasteiger partial charge in [-0.15, -0.1) is 0 Å². The monoisotopic (exact) mass is 129 g/mol. The summed E-state index contributed by atoms with van der Waals surface area (Å²) in [6.45, 7) is 0. The summed E-state index contributed by atoms with van der Waals surface area (Å²) in [7, 11) is 0. The number of nitriles is 1. The Bertz CT molecular complexity index is 147. The fourth-order valence-corrected chi connectivity index (χ4v) is 0.368. The van der Waals surface area contributed by atoms with Gasteiger partial charge >= 0.3 is 5.97 Å². The highest BCUT2D eigenvalue weighted by Crippen LogP contribution is 1.95. The third kappa shape index (κ3) is 5.05. The summed E-state index contributed by atoms with van der Waals surface area (Å²) < 4.78 is 0. The van der Waals surface area contributed by atoms with E-state index < -0.39 is 5.97 Å². The van der Waals surface area contributed by atoms with Gasteiger partial charge in [0.25, 0.3) is 0 Å². The second-order valence-corrected chi connectivity index (χ2v) is 1.54. The molecule has 0 heterocycles. The number of hydrogen-bond donors (Lipinski definition) is 1. The van der Waals surface area contributed by atoms with Crippen molar-refractivity contribution < 1.29 is 9.90 Å². The van der Waals surface area contributed by atoms with Gasteiger partial charge in [-0.3, -0.25) is 0 Å². The van der Waals surface area contributed by atoms with Gasteiger partial charge in [-0.05, 0) is 17.2 Å². The lowest BCUT2D eigenvalue weighted by Gasteiger charge is -1.72. The summed E-state index contributed by atoms with van der Waals surface area (Å²) in [5.41, 5.74) is 0. The van der Waals surface area contributed by atoms with Crippen LogP contribution in [0.4, 0.5) is 0 Å². The van der Waals surface area contributed by atoms with E-state index in [1.165, 1.54) is 5.41 Å². The van der Waals surface area contributed by atoms with E-state index in [4.69, 9.17) is 10.4 Å². The summed E-state index contributed by atoms with van der Waals surface area (Å²) in [4.78, 5) is 9.66. The first-order chi connectivity index (χ1) is 3.77. The van der Waals surface area contributed by atoms with Crippen LogP contribution in [0, 0.1) is 10.7 Å². The van der Waals surface area contributed by atoms with Crippen LogP contribution in [0.25, 0.3) is 0 Å². The molecule has 1 N–H and O–H groups in total. The van der Waals surface area contributed by atoms with Crippen molar-refractivity contribution in [3.05, 3.63) is 11.5 Å². The van der Waals surface area contributed by atoms with Crippen LogP contribution in [0.2, 0.25) is 0 Å². The summed E-state index contributed by atoms with van der Waals surface area (Å²) in [5, 5.41) is 18.7. The molecular weight excluding hydrogens is 126 g/mol. The van der Waals surface area contributed by atoms with Crippen molar-refractivity contribution >= 4 is 17.7 Å². The molecule has 0 unspecified atom stereocenters. The fraction of sp³-hybridized carbons (Fsp3) is 0. The molecule has 3 nitrogen and oxygen atoms in total. The minimum absolute atomic E-state index is 0.781. The van der Waals surface area contributed by atoms with Crippen LogP contribution in [0.15, 0.2) is 11.5 Å². The Morgan fingerprint density at radius 2 is 2.50 bits per heavy atom. The normalized spacial score (nSPS) is 8.88. The quantitative estimate of drug-likeness (QED) is 0.442. The van der Waals surface area contributed by atoms with E-state index in [0.717, 1.165) is 17.8 Å². The molecule has 0 bridgehead atoms. The fourth-order valence-electron chi connectivity index (χ4n) is 0.123. The standard InChI is InChI=1S/C4H3NO2S/c5-3-8-2-1-4(6)7/h1-2H,(H,6,7). The van der Waals surface area contributed by atoms with Crippen molar-refractivity contribution in [3.63, 3.8) is 0 Å². The maximum Gasteiger partial charge on any atom is 0.328 e. The molecule has 0 spiro atoms. The van der Waals surface area contributed by atoms with Gasteiger partial charge in [-0.1, -0.05) is 0 Å². The van der Waals surface area contributed by atoms with Crippen molar-refractivity contribution in [2.45, 2.75) is 0 Å². The van der Waals surface area contributed by atoms with Gasteiger partial charge in [0.1, 0.15) is 5.40 Å². The zero-order valence-electron chi connectivity index (χ0n) is 3.87. The molecule has 0 aliphatic rings. The van der Waals surface area contributed by atoms with Crippen LogP contribution in [-0.4, -0.2) is 11.1 Å². The first kappa shape index (κ1) is 7.05. The van der Waals surface area contributed by atoms with Crippen LogP contribution in [0.3, 0.4) is 0 Å². The number of aliphatic carboxylic acids is 1. The first-order valence-electron chi connectivity index (χ1n) is 1.71. The van der Waals surface area contributed by atoms with Gasteiger partial charge in [0, 0.05) is 6.08 Å². The molecule has 8 heavy (non-hydrogen) atoms. The van der Waals surface area contributed by atoms with Crippen molar-refractivity contribution in [1.29, 1.82) is 5.26 Å². The summed E-state index contributed by atoms with van der Waals surface area (Å²) in [5.74, 6) is -1.03. The van der Waals surface area contributed by atoms with E-state index in [2.05, 4.69) is 0 Å². The molecule has 42 valence electrons. The molecule has 0 aromatic heterocycles. The number of carboxylic acid groups (broad SMARTS) is 1. The smallest absolute Gasteiger partial charge is 0.328 e. The second-order valence-electron chi connectivity index (χ2n) is 0.850. The largest absolute Gasteiger partial charge is 0.478 e. The van der Waals surface area contributed by atoms with Gasteiger partial charge in [0.2, 0.25) is 0 Å².